The van der Waals surface area contributed by atoms with E-state index in [1.807, 2.05) is 0 Å². The molecular weight excluding hydrogens is 146 g/mol. The summed E-state index contributed by atoms with van der Waals surface area (Å²) in [5.41, 5.74) is 0. The van der Waals surface area contributed by atoms with Gasteiger partial charge in [0.1, 0.15) is 0 Å². The summed E-state index contributed by atoms with van der Waals surface area (Å²) in [7, 11) is 0. The molecule has 0 aliphatic rings. The third kappa shape index (κ3) is 3.57. The molecule has 0 N–H and O–H groups in total. The Morgan fingerprint density at radius 3 is 1.17 bits per heavy atom. The zero-order chi connectivity index (χ0) is 9.45. The molecule has 0 saturated heterocycles. The van der Waals surface area contributed by atoms with Crippen molar-refractivity contribution in [3.8, 4) is 0 Å². The fourth-order valence-electron chi connectivity index (χ4n) is 1.43. The maximum Gasteiger partial charge on any atom is 0.0825 e. The average Bonchev–Trinajstić information content (AvgIpc) is 2.06. The quantitative estimate of drug-likeness (QED) is 0.503. The van der Waals surface area contributed by atoms with Crippen molar-refractivity contribution in [3.05, 3.63) is 27.7 Å². The highest BCUT2D eigenvalue weighted by Crippen LogP contribution is 2.10. The van der Waals surface area contributed by atoms with Gasteiger partial charge in [-0.25, -0.2) is 0 Å². The molecule has 0 aliphatic heterocycles. The van der Waals surface area contributed by atoms with Crippen LogP contribution in [0.5, 0.6) is 0 Å². The summed E-state index contributed by atoms with van der Waals surface area (Å²) < 4.78 is 0.753. The Kier molecular flexibility index (Phi) is 6.45. The van der Waals surface area contributed by atoms with Crippen molar-refractivity contribution in [2.45, 2.75) is 19.3 Å². The topological polar surface area (TPSA) is 0 Å². The minimum absolute atomic E-state index is 0.575. The Bertz CT molecular complexity index is 82.2. The maximum atomic E-state index is 5.67. The van der Waals surface area contributed by atoms with E-state index < -0.39 is 0 Å². The van der Waals surface area contributed by atoms with Crippen molar-refractivity contribution in [1.29, 1.82) is 0 Å². The molecule has 0 atom stereocenters. The van der Waals surface area contributed by atoms with Gasteiger partial charge in [0, 0.05) is 6.92 Å². The minimum Gasteiger partial charge on any atom is -0.323 e. The van der Waals surface area contributed by atoms with E-state index in [-0.39, 0.29) is 0 Å². The standard InChI is InChI=1S/C11H18N/c1-5-9-12(8-4,10-6-2)11-7-3/h1-4H,5-11H2/q+1. The first-order valence-corrected chi connectivity index (χ1v) is 4.40. The van der Waals surface area contributed by atoms with Crippen LogP contribution in [0.3, 0.4) is 0 Å². The molecule has 0 heterocycles. The lowest BCUT2D eigenvalue weighted by atomic mass is 10.2. The first-order chi connectivity index (χ1) is 5.74. The summed E-state index contributed by atoms with van der Waals surface area (Å²) in [5, 5.41) is 0. The van der Waals surface area contributed by atoms with Crippen molar-refractivity contribution >= 4 is 0 Å². The molecule has 8 radical (unpaired) electrons. The number of quaternary nitrogens is 1. The first kappa shape index (κ1) is 12.0. The Morgan fingerprint density at radius 2 is 1.00 bits per heavy atom. The molecule has 0 unspecified atom stereocenters. The predicted octanol–water partition coefficient (Wildman–Crippen LogP) is 1.82. The van der Waals surface area contributed by atoms with Gasteiger partial charge >= 0.3 is 0 Å². The molecule has 66 valence electrons. The number of hydrogen-bond acceptors (Lipinski definition) is 0. The van der Waals surface area contributed by atoms with Gasteiger partial charge in [-0.2, -0.15) is 0 Å². The van der Waals surface area contributed by atoms with Crippen LogP contribution in [0.4, 0.5) is 0 Å². The van der Waals surface area contributed by atoms with Crippen LogP contribution >= 0.6 is 0 Å². The maximum absolute atomic E-state index is 5.67. The molecule has 0 fully saturated rings. The monoisotopic (exact) mass is 164 g/mol. The van der Waals surface area contributed by atoms with Crippen molar-refractivity contribution in [2.75, 3.05) is 26.2 Å². The van der Waals surface area contributed by atoms with Gasteiger partial charge in [0.15, 0.2) is 0 Å². The summed E-state index contributed by atoms with van der Waals surface area (Å²) in [4.78, 5) is 0. The molecule has 0 aromatic carbocycles. The van der Waals surface area contributed by atoms with Crippen LogP contribution in [0.1, 0.15) is 19.3 Å². The number of nitrogens with zero attached hydrogens (tertiary/aromatic N) is 1. The molecule has 0 aliphatic carbocycles. The van der Waals surface area contributed by atoms with Crippen LogP contribution in [0.25, 0.3) is 0 Å². The summed E-state index contributed by atoms with van der Waals surface area (Å²) in [5.74, 6) is 0. The van der Waals surface area contributed by atoms with E-state index in [1.165, 1.54) is 0 Å². The lowest BCUT2D eigenvalue weighted by molar-refractivity contribution is -0.922. The SMILES string of the molecule is [CH]CC[N+](C[CH])(CC[CH])CC[CH]. The van der Waals surface area contributed by atoms with Crippen LogP contribution in [0.2, 0.25) is 0 Å². The number of hydrogen-bond donors (Lipinski definition) is 0. The highest BCUT2D eigenvalue weighted by Gasteiger charge is 2.21. The third-order valence-corrected chi connectivity index (χ3v) is 2.20. The van der Waals surface area contributed by atoms with Gasteiger partial charge in [0.25, 0.3) is 0 Å². The molecule has 1 heteroatoms. The molecule has 0 aromatic heterocycles. The zero-order valence-corrected chi connectivity index (χ0v) is 7.71. The molecule has 0 rings (SSSR count). The fourth-order valence-corrected chi connectivity index (χ4v) is 1.43. The molecule has 0 aromatic rings. The van der Waals surface area contributed by atoms with E-state index in [0.717, 1.165) is 24.1 Å². The third-order valence-electron chi connectivity index (χ3n) is 2.20. The van der Waals surface area contributed by atoms with Crippen molar-refractivity contribution in [1.82, 2.24) is 0 Å². The van der Waals surface area contributed by atoms with Gasteiger partial charge in [0.05, 0.1) is 26.2 Å². The molecular formula is C11H18N+. The van der Waals surface area contributed by atoms with Crippen LogP contribution in [0, 0.1) is 27.7 Å². The van der Waals surface area contributed by atoms with Gasteiger partial charge in [-0.3, -0.25) is 0 Å². The van der Waals surface area contributed by atoms with E-state index in [2.05, 4.69) is 0 Å². The smallest absolute Gasteiger partial charge is 0.0825 e. The van der Waals surface area contributed by atoms with E-state index in [0.29, 0.717) is 25.8 Å². The normalized spacial score (nSPS) is 12.0. The second kappa shape index (κ2) is 6.47. The Balaban J connectivity index is 4.06. The van der Waals surface area contributed by atoms with Crippen molar-refractivity contribution < 1.29 is 4.48 Å². The highest BCUT2D eigenvalue weighted by molar-refractivity contribution is 4.52. The van der Waals surface area contributed by atoms with E-state index in [4.69, 9.17) is 27.7 Å². The second-order valence-electron chi connectivity index (χ2n) is 3.06. The van der Waals surface area contributed by atoms with Crippen LogP contribution in [0.15, 0.2) is 0 Å². The molecule has 0 spiro atoms. The van der Waals surface area contributed by atoms with Gasteiger partial charge in [-0.1, -0.05) is 0 Å². The van der Waals surface area contributed by atoms with Gasteiger partial charge in [0.2, 0.25) is 0 Å². The van der Waals surface area contributed by atoms with Crippen molar-refractivity contribution in [2.24, 2.45) is 0 Å². The van der Waals surface area contributed by atoms with E-state index >= 15 is 0 Å². The lowest BCUT2D eigenvalue weighted by Gasteiger charge is -2.37. The largest absolute Gasteiger partial charge is 0.323 e. The van der Waals surface area contributed by atoms with Gasteiger partial charge in [-0.05, 0) is 40.0 Å². The highest BCUT2D eigenvalue weighted by atomic mass is 15.3. The summed E-state index contributed by atoms with van der Waals surface area (Å²) >= 11 is 0. The van der Waals surface area contributed by atoms with Gasteiger partial charge in [-0.15, -0.1) is 0 Å². The van der Waals surface area contributed by atoms with E-state index in [9.17, 15) is 0 Å². The second-order valence-corrected chi connectivity index (χ2v) is 3.06. The number of rotatable bonds is 7. The fraction of sp³-hybridized carbons (Fsp3) is 0.636. The Morgan fingerprint density at radius 1 is 0.667 bits per heavy atom. The summed E-state index contributed by atoms with van der Waals surface area (Å²) in [6.07, 6.45) is 1.91. The van der Waals surface area contributed by atoms with Gasteiger partial charge < -0.3 is 4.48 Å². The van der Waals surface area contributed by atoms with E-state index in [1.54, 1.807) is 0 Å². The predicted molar refractivity (Wildman–Crippen MR) is 50.8 cm³/mol. The Hall–Kier alpha value is -0.0400. The zero-order valence-electron chi connectivity index (χ0n) is 7.71. The Labute approximate surface area is 78.4 Å². The molecule has 0 amide bonds. The summed E-state index contributed by atoms with van der Waals surface area (Å²) in [6, 6.07) is 0. The summed E-state index contributed by atoms with van der Waals surface area (Å²) in [6.45, 7) is 25.3. The first-order valence-electron chi connectivity index (χ1n) is 4.40. The van der Waals surface area contributed by atoms with Crippen LogP contribution in [-0.4, -0.2) is 30.7 Å². The average molecular weight is 164 g/mol. The van der Waals surface area contributed by atoms with Crippen LogP contribution < -0.4 is 0 Å². The molecule has 0 bridgehead atoms. The lowest BCUT2D eigenvalue weighted by Crippen LogP contribution is -2.49. The molecule has 12 heavy (non-hydrogen) atoms. The minimum atomic E-state index is 0.575. The molecule has 1 nitrogen and oxygen atoms in total. The van der Waals surface area contributed by atoms with Crippen LogP contribution in [-0.2, 0) is 0 Å². The van der Waals surface area contributed by atoms with Crippen molar-refractivity contribution in [3.63, 3.8) is 0 Å². The molecule has 0 saturated carbocycles.